The number of hydrogen-bond donors (Lipinski definition) is 2. The van der Waals surface area contributed by atoms with E-state index in [1.165, 1.54) is 16.5 Å². The first kappa shape index (κ1) is 14.2. The van der Waals surface area contributed by atoms with Crippen LogP contribution in [0.1, 0.15) is 11.3 Å². The SMILES string of the molecule is Cc1[nH]c2ccc(F)cc2c1Sc1ccccc1CCN. The van der Waals surface area contributed by atoms with Gasteiger partial charge >= 0.3 is 0 Å². The normalized spacial score (nSPS) is 11.2. The van der Waals surface area contributed by atoms with Crippen LogP contribution in [0.25, 0.3) is 10.9 Å². The quantitative estimate of drug-likeness (QED) is 0.755. The first-order valence-electron chi connectivity index (χ1n) is 6.92. The zero-order chi connectivity index (χ0) is 14.8. The number of halogens is 1. The van der Waals surface area contributed by atoms with Gasteiger partial charge in [0.05, 0.1) is 0 Å². The first-order valence-corrected chi connectivity index (χ1v) is 7.74. The van der Waals surface area contributed by atoms with Crippen LogP contribution >= 0.6 is 11.8 Å². The van der Waals surface area contributed by atoms with Gasteiger partial charge in [-0.15, -0.1) is 0 Å². The van der Waals surface area contributed by atoms with Crippen molar-refractivity contribution in [3.8, 4) is 0 Å². The van der Waals surface area contributed by atoms with Gasteiger partial charge in [0.25, 0.3) is 0 Å². The van der Waals surface area contributed by atoms with Crippen LogP contribution < -0.4 is 5.73 Å². The van der Waals surface area contributed by atoms with Gasteiger partial charge in [0.2, 0.25) is 0 Å². The van der Waals surface area contributed by atoms with Gasteiger partial charge in [-0.2, -0.15) is 0 Å². The fourth-order valence-corrected chi connectivity index (χ4v) is 3.63. The van der Waals surface area contributed by atoms with Crippen LogP contribution in [0.5, 0.6) is 0 Å². The van der Waals surface area contributed by atoms with Crippen LogP contribution in [-0.2, 0) is 6.42 Å². The Morgan fingerprint density at radius 2 is 2.00 bits per heavy atom. The second kappa shape index (κ2) is 5.92. The summed E-state index contributed by atoms with van der Waals surface area (Å²) in [6, 6.07) is 13.1. The molecule has 0 aliphatic carbocycles. The van der Waals surface area contributed by atoms with E-state index in [1.807, 2.05) is 19.1 Å². The Bertz CT molecular complexity index is 780. The number of aromatic amines is 1. The number of H-pyrrole nitrogens is 1. The zero-order valence-electron chi connectivity index (χ0n) is 11.8. The predicted octanol–water partition coefficient (Wildman–Crippen LogP) is 4.27. The smallest absolute Gasteiger partial charge is 0.123 e. The van der Waals surface area contributed by atoms with E-state index in [0.717, 1.165) is 27.9 Å². The fourth-order valence-electron chi connectivity index (χ4n) is 2.48. The highest BCUT2D eigenvalue weighted by Crippen LogP contribution is 2.38. The summed E-state index contributed by atoms with van der Waals surface area (Å²) in [6.45, 7) is 2.64. The number of rotatable bonds is 4. The molecule has 0 fully saturated rings. The van der Waals surface area contributed by atoms with Crippen LogP contribution in [0.15, 0.2) is 52.3 Å². The lowest BCUT2D eigenvalue weighted by Crippen LogP contribution is -2.03. The van der Waals surface area contributed by atoms with Crippen LogP contribution in [0, 0.1) is 12.7 Å². The minimum atomic E-state index is -0.210. The van der Waals surface area contributed by atoms with Gasteiger partial charge in [-0.1, -0.05) is 30.0 Å². The highest BCUT2D eigenvalue weighted by Gasteiger charge is 2.12. The molecule has 3 aromatic rings. The molecule has 3 rings (SSSR count). The molecule has 0 saturated heterocycles. The summed E-state index contributed by atoms with van der Waals surface area (Å²) in [7, 11) is 0. The van der Waals surface area contributed by atoms with Crippen LogP contribution in [0.2, 0.25) is 0 Å². The minimum Gasteiger partial charge on any atom is -0.358 e. The maximum Gasteiger partial charge on any atom is 0.123 e. The fraction of sp³-hybridized carbons (Fsp3) is 0.176. The standard InChI is InChI=1S/C17H17FN2S/c1-11-17(14-10-13(18)6-7-15(14)20-11)21-16-5-3-2-4-12(16)8-9-19/h2-7,10,20H,8-9,19H2,1H3. The van der Waals surface area contributed by atoms with Gasteiger partial charge in [0.15, 0.2) is 0 Å². The molecule has 4 heteroatoms. The summed E-state index contributed by atoms with van der Waals surface area (Å²) >= 11 is 1.67. The number of benzene rings is 2. The summed E-state index contributed by atoms with van der Waals surface area (Å²) in [5.74, 6) is -0.210. The molecule has 0 radical (unpaired) electrons. The third-order valence-corrected chi connectivity index (χ3v) is 4.84. The molecule has 108 valence electrons. The average Bonchev–Trinajstić information content (AvgIpc) is 2.77. The van der Waals surface area contributed by atoms with E-state index >= 15 is 0 Å². The van der Waals surface area contributed by atoms with E-state index in [4.69, 9.17) is 5.73 Å². The number of fused-ring (bicyclic) bond motifs is 1. The monoisotopic (exact) mass is 300 g/mol. The second-order valence-electron chi connectivity index (χ2n) is 5.02. The van der Waals surface area contributed by atoms with Crippen LogP contribution in [0.4, 0.5) is 4.39 Å². The van der Waals surface area contributed by atoms with Crippen molar-refractivity contribution in [2.75, 3.05) is 6.54 Å². The number of aryl methyl sites for hydroxylation is 1. The molecule has 0 aliphatic heterocycles. The third kappa shape index (κ3) is 2.82. The molecule has 0 bridgehead atoms. The van der Waals surface area contributed by atoms with Crippen molar-refractivity contribution in [2.45, 2.75) is 23.1 Å². The van der Waals surface area contributed by atoms with Crippen LogP contribution in [-0.4, -0.2) is 11.5 Å². The molecule has 0 atom stereocenters. The van der Waals surface area contributed by atoms with Gasteiger partial charge in [-0.25, -0.2) is 4.39 Å². The number of hydrogen-bond acceptors (Lipinski definition) is 2. The maximum absolute atomic E-state index is 13.5. The zero-order valence-corrected chi connectivity index (χ0v) is 12.6. The summed E-state index contributed by atoms with van der Waals surface area (Å²) < 4.78 is 13.5. The van der Waals surface area contributed by atoms with Gasteiger partial charge < -0.3 is 10.7 Å². The molecule has 0 amide bonds. The van der Waals surface area contributed by atoms with Crippen molar-refractivity contribution in [1.29, 1.82) is 0 Å². The molecule has 0 unspecified atom stereocenters. The predicted molar refractivity (Wildman–Crippen MR) is 86.3 cm³/mol. The molecule has 0 spiro atoms. The summed E-state index contributed by atoms with van der Waals surface area (Å²) in [5, 5.41) is 0.931. The molecule has 21 heavy (non-hydrogen) atoms. The van der Waals surface area contributed by atoms with Gasteiger partial charge in [-0.05, 0) is 49.7 Å². The van der Waals surface area contributed by atoms with E-state index in [-0.39, 0.29) is 5.82 Å². The highest BCUT2D eigenvalue weighted by atomic mass is 32.2. The lowest BCUT2D eigenvalue weighted by atomic mass is 10.1. The molecule has 0 aliphatic rings. The number of nitrogens with one attached hydrogen (secondary N) is 1. The molecule has 2 aromatic carbocycles. The Morgan fingerprint density at radius 3 is 2.81 bits per heavy atom. The van der Waals surface area contributed by atoms with Crippen molar-refractivity contribution in [3.05, 3.63) is 59.5 Å². The Hall–Kier alpha value is -1.78. The second-order valence-corrected chi connectivity index (χ2v) is 6.07. The molecule has 3 N–H and O–H groups in total. The lowest BCUT2D eigenvalue weighted by molar-refractivity contribution is 0.629. The van der Waals surface area contributed by atoms with Crippen molar-refractivity contribution in [3.63, 3.8) is 0 Å². The Labute approximate surface area is 127 Å². The molecule has 1 aromatic heterocycles. The van der Waals surface area contributed by atoms with Crippen molar-refractivity contribution >= 4 is 22.7 Å². The Morgan fingerprint density at radius 1 is 1.19 bits per heavy atom. The molecule has 1 heterocycles. The number of aromatic nitrogens is 1. The molecular weight excluding hydrogens is 283 g/mol. The first-order chi connectivity index (χ1) is 10.2. The van der Waals surface area contributed by atoms with E-state index < -0.39 is 0 Å². The van der Waals surface area contributed by atoms with Crippen molar-refractivity contribution in [2.24, 2.45) is 5.73 Å². The minimum absolute atomic E-state index is 0.210. The van der Waals surface area contributed by atoms with Crippen molar-refractivity contribution in [1.82, 2.24) is 4.98 Å². The molecule has 2 nitrogen and oxygen atoms in total. The maximum atomic E-state index is 13.5. The third-order valence-electron chi connectivity index (χ3n) is 3.49. The van der Waals surface area contributed by atoms with Crippen molar-refractivity contribution < 1.29 is 4.39 Å². The Balaban J connectivity index is 2.06. The largest absolute Gasteiger partial charge is 0.358 e. The number of nitrogens with two attached hydrogens (primary N) is 1. The van der Waals surface area contributed by atoms with Gasteiger partial charge in [0.1, 0.15) is 5.82 Å². The highest BCUT2D eigenvalue weighted by molar-refractivity contribution is 7.99. The molecular formula is C17H17FN2S. The summed E-state index contributed by atoms with van der Waals surface area (Å²) in [6.07, 6.45) is 0.846. The van der Waals surface area contributed by atoms with E-state index in [1.54, 1.807) is 23.9 Å². The Kier molecular flexibility index (Phi) is 3.99. The van der Waals surface area contributed by atoms with E-state index in [0.29, 0.717) is 6.54 Å². The lowest BCUT2D eigenvalue weighted by Gasteiger charge is -2.08. The molecule has 0 saturated carbocycles. The topological polar surface area (TPSA) is 41.8 Å². The van der Waals surface area contributed by atoms with E-state index in [9.17, 15) is 4.39 Å². The van der Waals surface area contributed by atoms with Gasteiger partial charge in [0, 0.05) is 26.4 Å². The van der Waals surface area contributed by atoms with Crippen LogP contribution in [0.3, 0.4) is 0 Å². The average molecular weight is 300 g/mol. The summed E-state index contributed by atoms with van der Waals surface area (Å²) in [5.41, 5.74) is 8.93. The summed E-state index contributed by atoms with van der Waals surface area (Å²) in [4.78, 5) is 5.57. The van der Waals surface area contributed by atoms with E-state index in [2.05, 4.69) is 17.1 Å². The van der Waals surface area contributed by atoms with Gasteiger partial charge in [-0.3, -0.25) is 0 Å².